The molecule has 0 aliphatic rings. The molecule has 5 heteroatoms. The fraction of sp³-hybridized carbons (Fsp3) is 0.133. The topological polar surface area (TPSA) is 46.5 Å². The highest BCUT2D eigenvalue weighted by Gasteiger charge is 2.16. The number of carboxylic acids is 1. The standard InChI is InChI=1S/C15H12Cl2O3/c1-20-14-11(15(18)19)7-9(8-13(14)17)6-10-4-2-3-5-12(10)16/h2-5,7-8H,6H2,1H3,(H,18,19). The quantitative estimate of drug-likeness (QED) is 0.916. The van der Waals surface area contributed by atoms with Gasteiger partial charge >= 0.3 is 5.97 Å². The van der Waals surface area contributed by atoms with Gasteiger partial charge in [-0.3, -0.25) is 0 Å². The highest BCUT2D eigenvalue weighted by Crippen LogP contribution is 2.31. The molecule has 0 spiro atoms. The van der Waals surface area contributed by atoms with Crippen molar-refractivity contribution in [2.75, 3.05) is 7.11 Å². The SMILES string of the molecule is COc1c(Cl)cc(Cc2ccccc2Cl)cc1C(=O)O. The molecule has 104 valence electrons. The van der Waals surface area contributed by atoms with Gasteiger partial charge in [0.25, 0.3) is 0 Å². The van der Waals surface area contributed by atoms with Crippen LogP contribution in [0.25, 0.3) is 0 Å². The summed E-state index contributed by atoms with van der Waals surface area (Å²) in [6.07, 6.45) is 0.504. The van der Waals surface area contributed by atoms with Crippen LogP contribution >= 0.6 is 23.2 Å². The van der Waals surface area contributed by atoms with E-state index in [0.29, 0.717) is 11.4 Å². The van der Waals surface area contributed by atoms with Crippen LogP contribution in [0.2, 0.25) is 10.0 Å². The van der Waals surface area contributed by atoms with E-state index >= 15 is 0 Å². The van der Waals surface area contributed by atoms with Crippen molar-refractivity contribution in [3.05, 3.63) is 63.1 Å². The predicted molar refractivity (Wildman–Crippen MR) is 79.2 cm³/mol. The molecule has 0 saturated carbocycles. The molecule has 0 aliphatic heterocycles. The highest BCUT2D eigenvalue weighted by atomic mass is 35.5. The number of aromatic carboxylic acids is 1. The van der Waals surface area contributed by atoms with Gasteiger partial charge in [-0.15, -0.1) is 0 Å². The molecule has 20 heavy (non-hydrogen) atoms. The van der Waals surface area contributed by atoms with E-state index in [-0.39, 0.29) is 16.3 Å². The Kier molecular flexibility index (Phi) is 4.53. The van der Waals surface area contributed by atoms with Crippen LogP contribution in [0.4, 0.5) is 0 Å². The molecule has 0 radical (unpaired) electrons. The van der Waals surface area contributed by atoms with Gasteiger partial charge in [0.05, 0.1) is 12.1 Å². The summed E-state index contributed by atoms with van der Waals surface area (Å²) in [5.41, 5.74) is 1.72. The summed E-state index contributed by atoms with van der Waals surface area (Å²) in [6, 6.07) is 10.6. The van der Waals surface area contributed by atoms with E-state index < -0.39 is 5.97 Å². The molecule has 0 aromatic heterocycles. The van der Waals surface area contributed by atoms with Crippen molar-refractivity contribution >= 4 is 29.2 Å². The lowest BCUT2D eigenvalue weighted by Gasteiger charge is -2.11. The number of hydrogen-bond donors (Lipinski definition) is 1. The van der Waals surface area contributed by atoms with Crippen LogP contribution in [-0.4, -0.2) is 18.2 Å². The number of ether oxygens (including phenoxy) is 1. The van der Waals surface area contributed by atoms with Gasteiger partial charge in [-0.2, -0.15) is 0 Å². The van der Waals surface area contributed by atoms with Crippen molar-refractivity contribution in [1.29, 1.82) is 0 Å². The Labute approximate surface area is 126 Å². The van der Waals surface area contributed by atoms with Gasteiger partial charge < -0.3 is 9.84 Å². The molecule has 0 atom stereocenters. The van der Waals surface area contributed by atoms with Gasteiger partial charge in [-0.1, -0.05) is 41.4 Å². The minimum Gasteiger partial charge on any atom is -0.494 e. The number of rotatable bonds is 4. The van der Waals surface area contributed by atoms with E-state index in [4.69, 9.17) is 27.9 Å². The Morgan fingerprint density at radius 1 is 1.20 bits per heavy atom. The molecule has 3 nitrogen and oxygen atoms in total. The van der Waals surface area contributed by atoms with Crippen LogP contribution in [0, 0.1) is 0 Å². The van der Waals surface area contributed by atoms with E-state index in [0.717, 1.165) is 11.1 Å². The van der Waals surface area contributed by atoms with Crippen LogP contribution in [-0.2, 0) is 6.42 Å². The van der Waals surface area contributed by atoms with Crippen LogP contribution in [0.5, 0.6) is 5.75 Å². The number of benzene rings is 2. The van der Waals surface area contributed by atoms with Gasteiger partial charge in [-0.05, 0) is 35.7 Å². The number of carboxylic acid groups (broad SMARTS) is 1. The Bertz CT molecular complexity index is 654. The fourth-order valence-electron chi connectivity index (χ4n) is 1.98. The van der Waals surface area contributed by atoms with Gasteiger partial charge in [-0.25, -0.2) is 4.79 Å². The molecule has 0 aliphatic carbocycles. The molecular weight excluding hydrogens is 299 g/mol. The summed E-state index contributed by atoms with van der Waals surface area (Å²) < 4.78 is 5.03. The Hall–Kier alpha value is -1.71. The van der Waals surface area contributed by atoms with Gasteiger partial charge in [0.15, 0.2) is 5.75 Å². The van der Waals surface area contributed by atoms with Crippen molar-refractivity contribution in [2.24, 2.45) is 0 Å². The van der Waals surface area contributed by atoms with Gasteiger partial charge in [0.2, 0.25) is 0 Å². The van der Waals surface area contributed by atoms with E-state index in [9.17, 15) is 9.90 Å². The number of hydrogen-bond acceptors (Lipinski definition) is 2. The van der Waals surface area contributed by atoms with Gasteiger partial charge in [0, 0.05) is 5.02 Å². The first-order valence-corrected chi connectivity index (χ1v) is 6.61. The molecule has 0 amide bonds. The average molecular weight is 311 g/mol. The van der Waals surface area contributed by atoms with E-state index in [1.807, 2.05) is 18.2 Å². The van der Waals surface area contributed by atoms with E-state index in [2.05, 4.69) is 0 Å². The predicted octanol–water partition coefficient (Wildman–Crippen LogP) is 4.29. The Morgan fingerprint density at radius 3 is 2.50 bits per heavy atom. The molecule has 2 aromatic carbocycles. The van der Waals surface area contributed by atoms with Crippen LogP contribution in [0.3, 0.4) is 0 Å². The van der Waals surface area contributed by atoms with Crippen molar-refractivity contribution < 1.29 is 14.6 Å². The van der Waals surface area contributed by atoms with Crippen molar-refractivity contribution in [1.82, 2.24) is 0 Å². The Balaban J connectivity index is 2.44. The van der Waals surface area contributed by atoms with Crippen molar-refractivity contribution in [3.63, 3.8) is 0 Å². The zero-order chi connectivity index (χ0) is 14.7. The second kappa shape index (κ2) is 6.16. The fourth-order valence-corrected chi connectivity index (χ4v) is 2.50. The zero-order valence-corrected chi connectivity index (χ0v) is 12.2. The first-order chi connectivity index (χ1) is 9.52. The van der Waals surface area contributed by atoms with Crippen LogP contribution < -0.4 is 4.74 Å². The number of halogens is 2. The first kappa shape index (κ1) is 14.7. The summed E-state index contributed by atoms with van der Waals surface area (Å²) in [5.74, 6) is -0.910. The summed E-state index contributed by atoms with van der Waals surface area (Å²) in [5, 5.41) is 10.1. The number of carbonyl (C=O) groups is 1. The van der Waals surface area contributed by atoms with Crippen LogP contribution in [0.15, 0.2) is 36.4 Å². The molecular formula is C15H12Cl2O3. The summed E-state index contributed by atoms with van der Waals surface area (Å²) in [4.78, 5) is 11.2. The maximum atomic E-state index is 11.2. The third-order valence-corrected chi connectivity index (χ3v) is 3.54. The molecule has 2 rings (SSSR count). The highest BCUT2D eigenvalue weighted by molar-refractivity contribution is 6.32. The van der Waals surface area contributed by atoms with Crippen molar-refractivity contribution in [3.8, 4) is 5.75 Å². The lowest BCUT2D eigenvalue weighted by molar-refractivity contribution is 0.0693. The smallest absolute Gasteiger partial charge is 0.339 e. The van der Waals surface area contributed by atoms with Crippen molar-refractivity contribution in [2.45, 2.75) is 6.42 Å². The minimum atomic E-state index is -1.08. The maximum Gasteiger partial charge on any atom is 0.339 e. The largest absolute Gasteiger partial charge is 0.494 e. The third kappa shape index (κ3) is 3.06. The summed E-state index contributed by atoms with van der Waals surface area (Å²) >= 11 is 12.2. The average Bonchev–Trinajstić information content (AvgIpc) is 2.40. The lowest BCUT2D eigenvalue weighted by Crippen LogP contribution is -2.03. The monoisotopic (exact) mass is 310 g/mol. The zero-order valence-electron chi connectivity index (χ0n) is 10.7. The molecule has 0 fully saturated rings. The lowest BCUT2D eigenvalue weighted by atomic mass is 10.0. The van der Waals surface area contributed by atoms with E-state index in [1.165, 1.54) is 7.11 Å². The van der Waals surface area contributed by atoms with Gasteiger partial charge in [0.1, 0.15) is 5.56 Å². The minimum absolute atomic E-state index is 0.0436. The van der Waals surface area contributed by atoms with E-state index in [1.54, 1.807) is 18.2 Å². The molecule has 0 heterocycles. The van der Waals surface area contributed by atoms with Crippen LogP contribution in [0.1, 0.15) is 21.5 Å². The summed E-state index contributed by atoms with van der Waals surface area (Å²) in [6.45, 7) is 0. The second-order valence-corrected chi connectivity index (χ2v) is 5.05. The molecule has 0 unspecified atom stereocenters. The molecule has 1 N–H and O–H groups in total. The molecule has 0 saturated heterocycles. The second-order valence-electron chi connectivity index (χ2n) is 4.23. The summed E-state index contributed by atoms with van der Waals surface area (Å²) in [7, 11) is 1.39. The number of methoxy groups -OCH3 is 1. The Morgan fingerprint density at radius 2 is 1.90 bits per heavy atom. The third-order valence-electron chi connectivity index (χ3n) is 2.89. The normalized spacial score (nSPS) is 10.3. The maximum absolute atomic E-state index is 11.2. The molecule has 2 aromatic rings. The first-order valence-electron chi connectivity index (χ1n) is 5.86. The molecule has 0 bridgehead atoms.